The number of fused-ring (bicyclic) bond motifs is 14. The minimum absolute atomic E-state index is 0.00449. The van der Waals surface area contributed by atoms with Crippen molar-refractivity contribution < 1.29 is 39.0 Å². The van der Waals surface area contributed by atoms with Gasteiger partial charge in [0.15, 0.2) is 0 Å². The van der Waals surface area contributed by atoms with Gasteiger partial charge in [-0.15, -0.1) is 0 Å². The maximum atomic E-state index is 11.2. The zero-order chi connectivity index (χ0) is 56.3. The lowest BCUT2D eigenvalue weighted by Gasteiger charge is -2.44. The summed E-state index contributed by atoms with van der Waals surface area (Å²) in [5.74, 6) is 0. The molecule has 0 N–H and O–H groups in total. The van der Waals surface area contributed by atoms with Gasteiger partial charge in [-0.2, -0.15) is 5.26 Å². The van der Waals surface area contributed by atoms with Gasteiger partial charge in [-0.1, -0.05) is 93.3 Å². The Kier molecular flexibility index (Phi) is 2.94. The second kappa shape index (κ2) is 10.1. The summed E-state index contributed by atoms with van der Waals surface area (Å²) in [4.78, 5) is 2.24. The number of furan rings is 2. The standard InChI is InChI=1S/C49H31BN4O2/c1-49(2,3)28-21-22-41-32(25-28)46-48(56-41)50-33-14-9-18-37-47(33)54(36-17-8-13-30-29-11-4-6-15-34(29)52(37)45(30)36)39-24-27(26-51)23-38(44(39)50)53(46)35-16-10-20-42-43(35)31-12-5-7-19-40(31)55-42/h4-25H,1-3H3/i4D,5D,6D,7D,8D,9D,10D,11D,12D,13D,14D,15D,16D,17D,18D,19D,20D,21D,22D,23D,24D,25D. The van der Waals surface area contributed by atoms with E-state index >= 15 is 0 Å². The molecule has 0 radical (unpaired) electrons. The van der Waals surface area contributed by atoms with Crippen LogP contribution in [0.4, 0.5) is 34.1 Å². The number of rotatable bonds is 1. The summed E-state index contributed by atoms with van der Waals surface area (Å²) in [6, 6.07) is -13.7. The molecule has 0 saturated heterocycles. The summed E-state index contributed by atoms with van der Waals surface area (Å²) in [6.07, 6.45) is 0. The number of aromatic nitrogens is 1. The van der Waals surface area contributed by atoms with E-state index < -0.39 is 201 Å². The van der Waals surface area contributed by atoms with Gasteiger partial charge in [-0.3, -0.25) is 0 Å². The van der Waals surface area contributed by atoms with Crippen LogP contribution in [0.1, 0.15) is 62.1 Å². The van der Waals surface area contributed by atoms with E-state index in [1.165, 1.54) is 0 Å². The summed E-state index contributed by atoms with van der Waals surface area (Å²) in [5, 5.41) is 9.51. The zero-order valence-electron chi connectivity index (χ0n) is 51.2. The van der Waals surface area contributed by atoms with Gasteiger partial charge >= 0.3 is 0 Å². The Bertz CT molecular complexity index is 4740. The predicted molar refractivity (Wildman–Crippen MR) is 229 cm³/mol. The van der Waals surface area contributed by atoms with Crippen LogP contribution in [0.2, 0.25) is 0 Å². The fourth-order valence-electron chi connectivity index (χ4n) is 8.44. The second-order valence-corrected chi connectivity index (χ2v) is 14.7. The van der Waals surface area contributed by atoms with E-state index in [4.69, 9.17) is 18.4 Å². The Morgan fingerprint density at radius 1 is 0.607 bits per heavy atom. The summed E-state index contributed by atoms with van der Waals surface area (Å²) < 4.78 is 220. The fourth-order valence-corrected chi connectivity index (χ4v) is 8.44. The van der Waals surface area contributed by atoms with Crippen molar-refractivity contribution in [3.8, 4) is 11.8 Å². The Labute approximate surface area is 353 Å². The predicted octanol–water partition coefficient (Wildman–Crippen LogP) is 11.0. The van der Waals surface area contributed by atoms with Crippen molar-refractivity contribution in [2.75, 3.05) is 9.80 Å². The van der Waals surface area contributed by atoms with Crippen LogP contribution >= 0.6 is 0 Å². The topological polar surface area (TPSA) is 61.5 Å². The van der Waals surface area contributed by atoms with E-state index in [2.05, 4.69) is 0 Å². The van der Waals surface area contributed by atoms with Crippen LogP contribution < -0.4 is 26.4 Å². The molecule has 0 bridgehead atoms. The number of benzene rings is 7. The molecular formula is C49H31BN4O2. The van der Waals surface area contributed by atoms with Gasteiger partial charge in [0.25, 0.3) is 6.71 Å². The summed E-state index contributed by atoms with van der Waals surface area (Å²) in [7, 11) is 0. The minimum Gasteiger partial charge on any atom is -0.468 e. The average Bonchev–Trinajstić information content (AvgIpc) is 2.65. The number of anilines is 6. The highest BCUT2D eigenvalue weighted by Gasteiger charge is 2.49. The first-order chi connectivity index (χ1) is 36.6. The fraction of sp³-hybridized carbons (Fsp3) is 0.0816. The Hall–Kier alpha value is -7.17. The number of nitriles is 1. The third-order valence-corrected chi connectivity index (χ3v) is 10.7. The highest BCUT2D eigenvalue weighted by molar-refractivity contribution is 7.00. The molecule has 10 aromatic rings. The molecule has 6 nitrogen and oxygen atoms in total. The van der Waals surface area contributed by atoms with Crippen LogP contribution in [0.3, 0.4) is 0 Å². The smallest absolute Gasteiger partial charge is 0.297 e. The third-order valence-electron chi connectivity index (χ3n) is 10.7. The van der Waals surface area contributed by atoms with Crippen molar-refractivity contribution in [1.82, 2.24) is 4.57 Å². The average molecular weight is 741 g/mol. The Morgan fingerprint density at radius 2 is 1.29 bits per heavy atom. The van der Waals surface area contributed by atoms with Crippen LogP contribution in [0.5, 0.6) is 0 Å². The van der Waals surface area contributed by atoms with Crippen LogP contribution in [-0.4, -0.2) is 11.3 Å². The molecule has 7 heteroatoms. The highest BCUT2D eigenvalue weighted by Crippen LogP contribution is 2.54. The monoisotopic (exact) mass is 740 g/mol. The molecule has 13 rings (SSSR count). The van der Waals surface area contributed by atoms with Crippen molar-refractivity contribution in [2.45, 2.75) is 26.2 Å². The molecule has 3 aliphatic rings. The molecule has 56 heavy (non-hydrogen) atoms. The molecule has 3 aliphatic heterocycles. The summed E-state index contributed by atoms with van der Waals surface area (Å²) in [5.41, 5.74) is -7.73. The van der Waals surface area contributed by atoms with Gasteiger partial charge in [0, 0.05) is 32.9 Å². The maximum absolute atomic E-state index is 11.2. The molecule has 0 aliphatic carbocycles. The van der Waals surface area contributed by atoms with Crippen LogP contribution in [-0.2, 0) is 5.41 Å². The number of para-hydroxylation sites is 4. The molecule has 6 heterocycles. The Morgan fingerprint density at radius 3 is 2.12 bits per heavy atom. The minimum atomic E-state index is -1.75. The molecule has 0 fully saturated rings. The summed E-state index contributed by atoms with van der Waals surface area (Å²) >= 11 is 0. The van der Waals surface area contributed by atoms with Crippen molar-refractivity contribution in [3.05, 3.63) is 144 Å². The van der Waals surface area contributed by atoms with E-state index in [9.17, 15) is 25.8 Å². The van der Waals surface area contributed by atoms with Crippen molar-refractivity contribution in [2.24, 2.45) is 0 Å². The van der Waals surface area contributed by atoms with Crippen LogP contribution in [0.15, 0.2) is 142 Å². The zero-order valence-corrected chi connectivity index (χ0v) is 29.2. The van der Waals surface area contributed by atoms with Crippen LogP contribution in [0.25, 0.3) is 60.4 Å². The first-order valence-corrected chi connectivity index (χ1v) is 17.4. The second-order valence-electron chi connectivity index (χ2n) is 14.7. The van der Waals surface area contributed by atoms with Crippen molar-refractivity contribution >= 4 is 112 Å². The first-order valence-electron chi connectivity index (χ1n) is 28.4. The van der Waals surface area contributed by atoms with Gasteiger partial charge in [0.1, 0.15) is 16.7 Å². The van der Waals surface area contributed by atoms with E-state index in [-0.39, 0.29) is 66.4 Å². The lowest BCUT2D eigenvalue weighted by molar-refractivity contribution is 0.590. The summed E-state index contributed by atoms with van der Waals surface area (Å²) in [6.45, 7) is 3.30. The molecular weight excluding hydrogens is 687 g/mol. The molecule has 0 saturated carbocycles. The normalized spacial score (nSPS) is 19.4. The van der Waals surface area contributed by atoms with Crippen molar-refractivity contribution in [3.63, 3.8) is 0 Å². The van der Waals surface area contributed by atoms with Gasteiger partial charge in [-0.25, -0.2) is 0 Å². The van der Waals surface area contributed by atoms with Gasteiger partial charge in [0.2, 0.25) is 0 Å². The molecule has 0 unspecified atom stereocenters. The van der Waals surface area contributed by atoms with Crippen molar-refractivity contribution in [1.29, 1.82) is 5.26 Å². The van der Waals surface area contributed by atoms with Gasteiger partial charge in [-0.05, 0) is 82.3 Å². The van der Waals surface area contributed by atoms with Gasteiger partial charge in [0.05, 0.1) is 92.3 Å². The molecule has 7 aromatic carbocycles. The number of nitrogens with zero attached hydrogens (tertiary/aromatic N) is 4. The third kappa shape index (κ3) is 3.58. The Balaban J connectivity index is 1.35. The lowest BCUT2D eigenvalue weighted by atomic mass is 9.35. The molecule has 0 spiro atoms. The first kappa shape index (κ1) is 16.3. The number of hydrogen-bond acceptors (Lipinski definition) is 5. The largest absolute Gasteiger partial charge is 0.468 e. The lowest BCUT2D eigenvalue weighted by Crippen LogP contribution is -2.61. The van der Waals surface area contributed by atoms with E-state index in [0.717, 1.165) is 14.4 Å². The quantitative estimate of drug-likeness (QED) is 0.157. The molecule has 3 aromatic heterocycles. The number of hydrogen-bond donors (Lipinski definition) is 0. The SMILES string of the molecule is [2H]c1c([2H])c2c3c(c1[2H])-n1c4c([2H])c([2H])c([2H])c([2H])c4c4c([2H])c([2H])c([2H])c(c41)N3c1c([2H])c(C#N)c([2H])c3c1B2c1oc2c([2H])c([2H])c(C(C)(C)C)c([2H])c2c1N3c1c([2H])c([2H])c([2H])c2oc3c([2H])c([2H])c([2H])c([2H])c3c12. The van der Waals surface area contributed by atoms with E-state index in [1.807, 2.05) is 6.07 Å². The van der Waals surface area contributed by atoms with Crippen LogP contribution in [0, 0.1) is 11.3 Å². The van der Waals surface area contributed by atoms with Gasteiger partial charge < -0.3 is 23.2 Å². The maximum Gasteiger partial charge on any atom is 0.297 e. The van der Waals surface area contributed by atoms with E-state index in [1.54, 1.807) is 20.8 Å². The molecule has 262 valence electrons. The molecule has 0 atom stereocenters. The highest BCUT2D eigenvalue weighted by atomic mass is 16.3. The van der Waals surface area contributed by atoms with E-state index in [0.29, 0.717) is 0 Å². The molecule has 0 amide bonds.